The van der Waals surface area contributed by atoms with Crippen LogP contribution in [0.15, 0.2) is 48.7 Å². The molecule has 1 atom stereocenters. The zero-order valence-electron chi connectivity index (χ0n) is 21.2. The van der Waals surface area contributed by atoms with Gasteiger partial charge in [-0.25, -0.2) is 9.97 Å². The van der Waals surface area contributed by atoms with Crippen LogP contribution in [0.1, 0.15) is 53.4 Å². The van der Waals surface area contributed by atoms with E-state index in [0.717, 1.165) is 50.0 Å². The quantitative estimate of drug-likeness (QED) is 0.463. The molecular weight excluding hydrogens is 478 g/mol. The molecule has 1 aliphatic carbocycles. The number of aliphatic hydroxyl groups excluding tert-OH is 1. The van der Waals surface area contributed by atoms with E-state index in [4.69, 9.17) is 10.5 Å². The molecule has 8 nitrogen and oxygen atoms in total. The number of hydrogen-bond donors (Lipinski definition) is 3. The highest BCUT2D eigenvalue weighted by atomic mass is 16.5. The van der Waals surface area contributed by atoms with Crippen molar-refractivity contribution in [2.45, 2.75) is 44.8 Å². The molecule has 0 bridgehead atoms. The zero-order chi connectivity index (χ0) is 26.1. The van der Waals surface area contributed by atoms with Gasteiger partial charge in [-0.15, -0.1) is 0 Å². The fourth-order valence-electron chi connectivity index (χ4n) is 6.01. The summed E-state index contributed by atoms with van der Waals surface area (Å²) in [6.07, 6.45) is 5.87. The number of hydrogen-bond acceptors (Lipinski definition) is 7. The summed E-state index contributed by atoms with van der Waals surface area (Å²) in [5.74, 6) is 7.32. The number of carbonyl (C=O) groups is 1. The highest BCUT2D eigenvalue weighted by Gasteiger charge is 2.46. The van der Waals surface area contributed by atoms with Crippen LogP contribution in [0.5, 0.6) is 5.75 Å². The second kappa shape index (κ2) is 10.1. The number of carbonyl (C=O) groups excluding carboxylic acids is 1. The number of fused-ring (bicyclic) bond motifs is 2. The molecule has 3 aliphatic rings. The van der Waals surface area contributed by atoms with Crippen LogP contribution in [0.25, 0.3) is 0 Å². The molecule has 4 N–H and O–H groups in total. The summed E-state index contributed by atoms with van der Waals surface area (Å²) in [6, 6.07) is 14.3. The average Bonchev–Trinajstić information content (AvgIpc) is 3.22. The van der Waals surface area contributed by atoms with Crippen LogP contribution in [-0.2, 0) is 24.2 Å². The smallest absolute Gasteiger partial charge is 0.224 e. The van der Waals surface area contributed by atoms with Crippen LogP contribution < -0.4 is 20.7 Å². The fourth-order valence-corrected chi connectivity index (χ4v) is 6.01. The van der Waals surface area contributed by atoms with Gasteiger partial charge in [-0.05, 0) is 59.8 Å². The third-order valence-corrected chi connectivity index (χ3v) is 8.13. The Morgan fingerprint density at radius 2 is 2.00 bits per heavy atom. The van der Waals surface area contributed by atoms with E-state index < -0.39 is 0 Å². The number of nitrogens with one attached hydrogen (secondary N) is 1. The van der Waals surface area contributed by atoms with E-state index in [9.17, 15) is 9.90 Å². The largest absolute Gasteiger partial charge is 0.481 e. The zero-order valence-corrected chi connectivity index (χ0v) is 21.2. The van der Waals surface area contributed by atoms with Gasteiger partial charge in [0.15, 0.2) is 5.82 Å². The molecule has 3 aromatic rings. The number of benzene rings is 2. The lowest BCUT2D eigenvalue weighted by atomic mass is 9.73. The Hall–Kier alpha value is -3.93. The predicted octanol–water partition coefficient (Wildman–Crippen LogP) is 3.13. The van der Waals surface area contributed by atoms with E-state index >= 15 is 0 Å². The maximum Gasteiger partial charge on any atom is 0.224 e. The molecule has 8 heteroatoms. The van der Waals surface area contributed by atoms with Crippen molar-refractivity contribution >= 4 is 17.4 Å². The number of piperidine rings is 1. The molecule has 1 aromatic heterocycles. The molecular formula is C30H31N5O3. The first-order valence-electron chi connectivity index (χ1n) is 13.1. The lowest BCUT2D eigenvalue weighted by Crippen LogP contribution is -2.45. The summed E-state index contributed by atoms with van der Waals surface area (Å²) in [5, 5.41) is 12.9. The number of amides is 1. The van der Waals surface area contributed by atoms with Crippen molar-refractivity contribution in [3.05, 3.63) is 76.7 Å². The van der Waals surface area contributed by atoms with Gasteiger partial charge in [0.1, 0.15) is 23.7 Å². The van der Waals surface area contributed by atoms with Crippen molar-refractivity contribution < 1.29 is 14.6 Å². The van der Waals surface area contributed by atoms with Gasteiger partial charge in [0.05, 0.1) is 12.8 Å². The number of aliphatic hydroxyl groups is 1. The summed E-state index contributed by atoms with van der Waals surface area (Å²) < 4.78 is 5.74. The average molecular weight is 510 g/mol. The minimum atomic E-state index is -0.207. The first kappa shape index (κ1) is 24.4. The van der Waals surface area contributed by atoms with Crippen molar-refractivity contribution in [2.75, 3.05) is 29.9 Å². The maximum atomic E-state index is 11.6. The molecule has 1 saturated heterocycles. The molecule has 194 valence electrons. The van der Waals surface area contributed by atoms with E-state index in [0.29, 0.717) is 29.4 Å². The second-order valence-corrected chi connectivity index (χ2v) is 10.3. The Morgan fingerprint density at radius 3 is 2.82 bits per heavy atom. The van der Waals surface area contributed by atoms with Crippen molar-refractivity contribution in [3.8, 4) is 17.6 Å². The van der Waals surface area contributed by atoms with Crippen molar-refractivity contribution in [3.63, 3.8) is 0 Å². The Morgan fingerprint density at radius 1 is 1.16 bits per heavy atom. The van der Waals surface area contributed by atoms with Gasteiger partial charge in [0, 0.05) is 37.3 Å². The van der Waals surface area contributed by atoms with E-state index in [-0.39, 0.29) is 30.6 Å². The molecule has 0 radical (unpaired) electrons. The van der Waals surface area contributed by atoms with Gasteiger partial charge in [-0.2, -0.15) is 0 Å². The van der Waals surface area contributed by atoms with E-state index in [1.165, 1.54) is 11.1 Å². The van der Waals surface area contributed by atoms with Gasteiger partial charge in [-0.3, -0.25) is 4.79 Å². The molecule has 1 fully saturated rings. The minimum absolute atomic E-state index is 0.0212. The minimum Gasteiger partial charge on any atom is -0.481 e. The number of rotatable bonds is 4. The van der Waals surface area contributed by atoms with Crippen LogP contribution >= 0.6 is 0 Å². The Kier molecular flexibility index (Phi) is 6.48. The lowest BCUT2D eigenvalue weighted by Gasteiger charge is -2.42. The van der Waals surface area contributed by atoms with E-state index in [2.05, 4.69) is 56.3 Å². The number of nitrogens with zero attached hydrogens (tertiary/aromatic N) is 3. The third kappa shape index (κ3) is 4.60. The van der Waals surface area contributed by atoms with Gasteiger partial charge >= 0.3 is 0 Å². The highest BCUT2D eigenvalue weighted by Crippen LogP contribution is 2.51. The van der Waals surface area contributed by atoms with Crippen LogP contribution in [0.4, 0.5) is 11.5 Å². The number of ether oxygens (including phenoxy) is 1. The van der Waals surface area contributed by atoms with Gasteiger partial charge in [0.2, 0.25) is 5.91 Å². The van der Waals surface area contributed by atoms with Crippen LogP contribution in [-0.4, -0.2) is 40.7 Å². The molecule has 2 aliphatic heterocycles. The summed E-state index contributed by atoms with van der Waals surface area (Å²) in [6.45, 7) is 1.61. The maximum absolute atomic E-state index is 11.6. The molecule has 6 rings (SSSR count). The number of anilines is 2. The van der Waals surface area contributed by atoms with Crippen LogP contribution in [0, 0.1) is 17.3 Å². The SMILES string of the molecule is N[C@@H]1c2ccccc2CC12CCN(c1ncc(C#CCOc3ccc4c(c3)NC(=O)CC4)nc1CO)CC2. The van der Waals surface area contributed by atoms with Crippen LogP contribution in [0.2, 0.25) is 0 Å². The first-order chi connectivity index (χ1) is 18.5. The predicted molar refractivity (Wildman–Crippen MR) is 145 cm³/mol. The third-order valence-electron chi connectivity index (χ3n) is 8.13. The molecule has 1 spiro atoms. The Bertz CT molecular complexity index is 1440. The lowest BCUT2D eigenvalue weighted by molar-refractivity contribution is -0.116. The standard InChI is InChI=1S/C30H31N5O3/c31-28-24-6-2-1-4-21(24)17-30(28)11-13-35(14-12-30)29-26(19-36)33-22(18-32-29)5-3-15-38-23-9-7-20-8-10-27(37)34-25(20)16-23/h1-2,4,6-7,9,16,18,28,36H,8,10-15,17,19,31H2,(H,34,37)/t28-/m1/s1. The van der Waals surface area contributed by atoms with Gasteiger partial charge in [-0.1, -0.05) is 36.3 Å². The topological polar surface area (TPSA) is 114 Å². The normalized spacial score (nSPS) is 19.3. The van der Waals surface area contributed by atoms with E-state index in [1.807, 2.05) is 18.2 Å². The fraction of sp³-hybridized carbons (Fsp3) is 0.367. The van der Waals surface area contributed by atoms with Crippen molar-refractivity contribution in [1.82, 2.24) is 9.97 Å². The number of aryl methyl sites for hydroxylation is 1. The first-order valence-corrected chi connectivity index (χ1v) is 13.1. The molecule has 0 saturated carbocycles. The number of aromatic nitrogens is 2. The molecule has 2 aromatic carbocycles. The Balaban J connectivity index is 1.08. The van der Waals surface area contributed by atoms with Gasteiger partial charge in [0.25, 0.3) is 0 Å². The summed E-state index contributed by atoms with van der Waals surface area (Å²) >= 11 is 0. The monoisotopic (exact) mass is 509 g/mol. The second-order valence-electron chi connectivity index (χ2n) is 10.3. The molecule has 1 amide bonds. The summed E-state index contributed by atoms with van der Waals surface area (Å²) in [5.41, 5.74) is 12.4. The molecule has 38 heavy (non-hydrogen) atoms. The Labute approximate surface area is 222 Å². The summed E-state index contributed by atoms with van der Waals surface area (Å²) in [4.78, 5) is 23.0. The number of nitrogens with two attached hydrogens (primary N) is 1. The molecule has 0 unspecified atom stereocenters. The van der Waals surface area contributed by atoms with Gasteiger partial charge < -0.3 is 25.8 Å². The van der Waals surface area contributed by atoms with Crippen molar-refractivity contribution in [1.29, 1.82) is 0 Å². The highest BCUT2D eigenvalue weighted by molar-refractivity contribution is 5.94. The van der Waals surface area contributed by atoms with Crippen LogP contribution in [0.3, 0.4) is 0 Å². The summed E-state index contributed by atoms with van der Waals surface area (Å²) in [7, 11) is 0. The van der Waals surface area contributed by atoms with E-state index in [1.54, 1.807) is 6.20 Å². The van der Waals surface area contributed by atoms with Crippen molar-refractivity contribution in [2.24, 2.45) is 11.1 Å². The molecule has 3 heterocycles.